The predicted molar refractivity (Wildman–Crippen MR) is 154 cm³/mol. The monoisotopic (exact) mass is 558 g/mol. The van der Waals surface area contributed by atoms with Crippen LogP contribution in [0.1, 0.15) is 5.56 Å². The maximum atomic E-state index is 16.1. The molecule has 0 atom stereocenters. The van der Waals surface area contributed by atoms with Gasteiger partial charge in [0, 0.05) is 35.3 Å². The van der Waals surface area contributed by atoms with E-state index in [4.69, 9.17) is 4.98 Å². The van der Waals surface area contributed by atoms with Gasteiger partial charge in [0.1, 0.15) is 22.8 Å². The Balaban J connectivity index is 1.24. The summed E-state index contributed by atoms with van der Waals surface area (Å²) in [5.41, 5.74) is 4.83. The molecule has 0 aliphatic heterocycles. The predicted octanol–water partition coefficient (Wildman–Crippen LogP) is 6.08. The highest BCUT2D eigenvalue weighted by Crippen LogP contribution is 2.34. The Labute approximate surface area is 236 Å². The smallest absolute Gasteiger partial charge is 0.228 e. The Hall–Kier alpha value is -5.84. The van der Waals surface area contributed by atoms with Crippen molar-refractivity contribution in [2.45, 2.75) is 6.42 Å². The summed E-state index contributed by atoms with van der Waals surface area (Å²) in [6.07, 6.45) is 6.19. The number of anilines is 1. The molecule has 9 nitrogen and oxygen atoms in total. The highest BCUT2D eigenvalue weighted by atomic mass is 19.1. The van der Waals surface area contributed by atoms with Crippen LogP contribution in [-0.4, -0.2) is 41.0 Å². The average Bonchev–Trinajstić information content (AvgIpc) is 3.63. The Morgan fingerprint density at radius 2 is 1.74 bits per heavy atom. The van der Waals surface area contributed by atoms with Crippen molar-refractivity contribution in [1.29, 1.82) is 0 Å². The molecule has 5 heterocycles. The molecule has 7 aromatic rings. The minimum absolute atomic E-state index is 0.140. The summed E-state index contributed by atoms with van der Waals surface area (Å²) in [6, 6.07) is 18.7. The van der Waals surface area contributed by atoms with Gasteiger partial charge in [-0.05, 0) is 42.0 Å². The summed E-state index contributed by atoms with van der Waals surface area (Å²) < 4.78 is 29.6. The number of nitrogens with one attached hydrogen (secondary N) is 3. The first-order valence-corrected chi connectivity index (χ1v) is 13.0. The number of aromatic nitrogens is 7. The number of halogens is 2. The Bertz CT molecular complexity index is 2090. The van der Waals surface area contributed by atoms with Crippen LogP contribution in [0.5, 0.6) is 0 Å². The number of fused-ring (bicyclic) bond motifs is 2. The molecule has 0 unspecified atom stereocenters. The van der Waals surface area contributed by atoms with Crippen LogP contribution < -0.4 is 5.32 Å². The lowest BCUT2D eigenvalue weighted by atomic mass is 10.1. The molecule has 0 fully saturated rings. The van der Waals surface area contributed by atoms with Crippen LogP contribution in [0.15, 0.2) is 91.5 Å². The Morgan fingerprint density at radius 1 is 0.905 bits per heavy atom. The van der Waals surface area contributed by atoms with Crippen molar-refractivity contribution in [2.75, 3.05) is 5.32 Å². The lowest BCUT2D eigenvalue weighted by Gasteiger charge is -2.08. The molecular formula is C31H20F2N8O. The largest absolute Gasteiger partial charge is 0.337 e. The zero-order valence-electron chi connectivity index (χ0n) is 21.8. The molecule has 3 N–H and O–H groups in total. The third-order valence-electron chi connectivity index (χ3n) is 6.82. The van der Waals surface area contributed by atoms with E-state index >= 15 is 4.39 Å². The molecule has 204 valence electrons. The zero-order chi connectivity index (χ0) is 28.6. The summed E-state index contributed by atoms with van der Waals surface area (Å²) in [7, 11) is 0. The topological polar surface area (TPSA) is 125 Å². The fourth-order valence-electron chi connectivity index (χ4n) is 4.84. The average molecular weight is 559 g/mol. The number of hydrogen-bond acceptors (Lipinski definition) is 6. The lowest BCUT2D eigenvalue weighted by Crippen LogP contribution is -2.14. The summed E-state index contributed by atoms with van der Waals surface area (Å²) >= 11 is 0. The standard InChI is InChI=1S/C31H20F2N8O/c32-20-8-6-18(7-9-20)27-28-23(10-11-35-27)38-31(39-28)29-25-26(33)22(16-36-30(25)41-40-29)19-13-21(15-34-14-19)37-24(42)12-17-4-2-1-3-5-17/h1-11,13-16H,12H2,(H,37,42)(H,38,39)(H,36,40,41). The van der Waals surface area contributed by atoms with E-state index in [1.54, 1.807) is 30.5 Å². The van der Waals surface area contributed by atoms with Gasteiger partial charge in [0.15, 0.2) is 11.5 Å². The van der Waals surface area contributed by atoms with E-state index in [1.165, 1.54) is 30.7 Å². The molecule has 11 heteroatoms. The minimum Gasteiger partial charge on any atom is -0.337 e. The SMILES string of the molecule is O=C(Cc1ccccc1)Nc1cncc(-c2cnc3n[nH]c(-c4nc5c(-c6ccc(F)cc6)nccc5[nH]4)c3c2F)c1. The van der Waals surface area contributed by atoms with Gasteiger partial charge < -0.3 is 10.3 Å². The fraction of sp³-hybridized carbons (Fsp3) is 0.0323. The fourth-order valence-corrected chi connectivity index (χ4v) is 4.84. The van der Waals surface area contributed by atoms with Crippen LogP contribution in [0.25, 0.3) is 56.0 Å². The van der Waals surface area contributed by atoms with Gasteiger partial charge in [-0.1, -0.05) is 30.3 Å². The first-order valence-electron chi connectivity index (χ1n) is 13.0. The third-order valence-corrected chi connectivity index (χ3v) is 6.82. The van der Waals surface area contributed by atoms with Crippen molar-refractivity contribution in [3.05, 3.63) is 109 Å². The number of carbonyl (C=O) groups excluding carboxylic acids is 1. The van der Waals surface area contributed by atoms with Crippen LogP contribution in [-0.2, 0) is 11.2 Å². The molecule has 0 saturated heterocycles. The molecule has 5 aromatic heterocycles. The van der Waals surface area contributed by atoms with Gasteiger partial charge in [-0.2, -0.15) is 5.10 Å². The van der Waals surface area contributed by atoms with E-state index in [2.05, 4.69) is 35.5 Å². The van der Waals surface area contributed by atoms with Gasteiger partial charge in [0.05, 0.1) is 34.9 Å². The van der Waals surface area contributed by atoms with E-state index in [0.717, 1.165) is 5.56 Å². The number of aromatic amines is 2. The molecule has 0 spiro atoms. The molecule has 7 rings (SSSR count). The Morgan fingerprint density at radius 3 is 2.57 bits per heavy atom. The number of carbonyl (C=O) groups is 1. The number of amides is 1. The minimum atomic E-state index is -0.573. The Kier molecular flexibility index (Phi) is 6.16. The van der Waals surface area contributed by atoms with Crippen molar-refractivity contribution < 1.29 is 13.6 Å². The summed E-state index contributed by atoms with van der Waals surface area (Å²) in [5, 5.41) is 9.99. The quantitative estimate of drug-likeness (QED) is 0.227. The number of nitrogens with zero attached hydrogens (tertiary/aromatic N) is 5. The number of imidazole rings is 1. The van der Waals surface area contributed by atoms with Crippen molar-refractivity contribution in [3.63, 3.8) is 0 Å². The molecule has 0 aliphatic carbocycles. The van der Waals surface area contributed by atoms with Crippen molar-refractivity contribution in [2.24, 2.45) is 0 Å². The first-order chi connectivity index (χ1) is 20.5. The molecule has 0 aliphatic rings. The molecule has 0 radical (unpaired) electrons. The number of benzene rings is 2. The van der Waals surface area contributed by atoms with Crippen molar-refractivity contribution in [1.82, 2.24) is 35.1 Å². The van der Waals surface area contributed by atoms with Gasteiger partial charge in [-0.25, -0.2) is 18.7 Å². The van der Waals surface area contributed by atoms with Crippen LogP contribution in [0.3, 0.4) is 0 Å². The van der Waals surface area contributed by atoms with Crippen molar-refractivity contribution >= 4 is 33.7 Å². The van der Waals surface area contributed by atoms with Crippen molar-refractivity contribution in [3.8, 4) is 33.9 Å². The van der Waals surface area contributed by atoms with E-state index in [1.807, 2.05) is 30.3 Å². The van der Waals surface area contributed by atoms with Gasteiger partial charge in [0.25, 0.3) is 0 Å². The second-order valence-corrected chi connectivity index (χ2v) is 9.60. The first kappa shape index (κ1) is 25.1. The van der Waals surface area contributed by atoms with Gasteiger partial charge in [-0.15, -0.1) is 0 Å². The normalized spacial score (nSPS) is 11.3. The summed E-state index contributed by atoms with van der Waals surface area (Å²) in [5.74, 6) is -0.810. The lowest BCUT2D eigenvalue weighted by molar-refractivity contribution is -0.115. The maximum absolute atomic E-state index is 16.1. The van der Waals surface area contributed by atoms with Crippen LogP contribution in [0, 0.1) is 11.6 Å². The van der Waals surface area contributed by atoms with E-state index in [9.17, 15) is 9.18 Å². The second kappa shape index (κ2) is 10.3. The van der Waals surface area contributed by atoms with Crippen LogP contribution in [0.4, 0.5) is 14.5 Å². The van der Waals surface area contributed by atoms with E-state index in [0.29, 0.717) is 45.1 Å². The number of rotatable bonds is 6. The summed E-state index contributed by atoms with van der Waals surface area (Å²) in [6.45, 7) is 0. The molecular weight excluding hydrogens is 538 g/mol. The molecule has 2 aromatic carbocycles. The zero-order valence-corrected chi connectivity index (χ0v) is 21.8. The third kappa shape index (κ3) is 4.62. The highest BCUT2D eigenvalue weighted by Gasteiger charge is 2.21. The van der Waals surface area contributed by atoms with Gasteiger partial charge >= 0.3 is 0 Å². The molecule has 1 amide bonds. The maximum Gasteiger partial charge on any atom is 0.228 e. The highest BCUT2D eigenvalue weighted by molar-refractivity contribution is 5.97. The number of pyridine rings is 3. The molecule has 0 saturated carbocycles. The van der Waals surface area contributed by atoms with Crippen LogP contribution >= 0.6 is 0 Å². The number of hydrogen-bond donors (Lipinski definition) is 3. The second-order valence-electron chi connectivity index (χ2n) is 9.60. The summed E-state index contributed by atoms with van der Waals surface area (Å²) in [4.78, 5) is 33.4. The van der Waals surface area contributed by atoms with Gasteiger partial charge in [0.2, 0.25) is 5.91 Å². The van der Waals surface area contributed by atoms with E-state index in [-0.39, 0.29) is 34.7 Å². The molecule has 0 bridgehead atoms. The number of H-pyrrole nitrogens is 2. The molecule has 42 heavy (non-hydrogen) atoms. The van der Waals surface area contributed by atoms with Crippen LogP contribution in [0.2, 0.25) is 0 Å². The van der Waals surface area contributed by atoms with Gasteiger partial charge in [-0.3, -0.25) is 19.9 Å². The van der Waals surface area contributed by atoms with E-state index < -0.39 is 5.82 Å².